The highest BCUT2D eigenvalue weighted by Crippen LogP contribution is 2.48. The molecule has 0 saturated carbocycles. The minimum atomic E-state index is -5.03. The van der Waals surface area contributed by atoms with Gasteiger partial charge in [0, 0.05) is 31.3 Å². The molecule has 0 bridgehead atoms. The van der Waals surface area contributed by atoms with Crippen LogP contribution in [0.5, 0.6) is 5.75 Å². The zero-order valence-electron chi connectivity index (χ0n) is 25.1. The molecular weight excluding hydrogens is 590 g/mol. The SMILES string of the molecule is COc1cc2c(cc1C1=C(CN3C(=O)O[C@H](c4cc(C(F)(F)F)cc(C(F)(F)F)c4)[C@@H]3C)CC(C)(C)CC1)N(C(C)=O)CC2. The van der Waals surface area contributed by atoms with Gasteiger partial charge in [-0.1, -0.05) is 13.8 Å². The van der Waals surface area contributed by atoms with Crippen molar-refractivity contribution in [2.45, 2.75) is 77.9 Å². The van der Waals surface area contributed by atoms with Crippen LogP contribution in [0.2, 0.25) is 0 Å². The van der Waals surface area contributed by atoms with Crippen molar-refractivity contribution in [2.24, 2.45) is 5.41 Å². The monoisotopic (exact) mass is 624 g/mol. The van der Waals surface area contributed by atoms with Crippen molar-refractivity contribution in [2.75, 3.05) is 25.1 Å². The van der Waals surface area contributed by atoms with Crippen molar-refractivity contribution in [3.63, 3.8) is 0 Å². The van der Waals surface area contributed by atoms with E-state index in [1.807, 2.05) is 12.1 Å². The molecule has 5 rings (SSSR count). The highest BCUT2D eigenvalue weighted by molar-refractivity contribution is 5.95. The molecule has 1 fully saturated rings. The van der Waals surface area contributed by atoms with E-state index in [2.05, 4.69) is 13.8 Å². The summed E-state index contributed by atoms with van der Waals surface area (Å²) in [6.07, 6.45) is -9.48. The predicted octanol–water partition coefficient (Wildman–Crippen LogP) is 8.19. The Labute approximate surface area is 251 Å². The van der Waals surface area contributed by atoms with Crippen molar-refractivity contribution >= 4 is 23.3 Å². The molecule has 12 heteroatoms. The van der Waals surface area contributed by atoms with Gasteiger partial charge in [0.25, 0.3) is 0 Å². The molecule has 2 aromatic rings. The Morgan fingerprint density at radius 2 is 1.66 bits per heavy atom. The third-order valence-electron chi connectivity index (χ3n) is 8.86. The molecule has 1 saturated heterocycles. The average Bonchev–Trinajstić information content (AvgIpc) is 3.46. The lowest BCUT2D eigenvalue weighted by Crippen LogP contribution is -2.35. The van der Waals surface area contributed by atoms with Crippen LogP contribution in [-0.4, -0.2) is 43.1 Å². The molecule has 2 heterocycles. The van der Waals surface area contributed by atoms with Gasteiger partial charge in [-0.15, -0.1) is 0 Å². The van der Waals surface area contributed by atoms with E-state index in [-0.39, 0.29) is 29.5 Å². The van der Waals surface area contributed by atoms with Crippen LogP contribution < -0.4 is 9.64 Å². The summed E-state index contributed by atoms with van der Waals surface area (Å²) >= 11 is 0. The van der Waals surface area contributed by atoms with Crippen molar-refractivity contribution in [1.29, 1.82) is 0 Å². The Hall–Kier alpha value is -3.70. The number of halogens is 6. The van der Waals surface area contributed by atoms with Gasteiger partial charge < -0.3 is 14.4 Å². The lowest BCUT2D eigenvalue weighted by atomic mass is 9.72. The first-order chi connectivity index (χ1) is 20.4. The summed E-state index contributed by atoms with van der Waals surface area (Å²) in [5.74, 6) is 0.543. The number of allylic oxidation sites excluding steroid dienone is 1. The van der Waals surface area contributed by atoms with Gasteiger partial charge in [-0.25, -0.2) is 4.79 Å². The van der Waals surface area contributed by atoms with Gasteiger partial charge in [0.15, 0.2) is 0 Å². The summed E-state index contributed by atoms with van der Waals surface area (Å²) in [4.78, 5) is 28.5. The van der Waals surface area contributed by atoms with Gasteiger partial charge in [0.05, 0.1) is 24.3 Å². The Morgan fingerprint density at radius 3 is 2.23 bits per heavy atom. The number of ether oxygens (including phenoxy) is 2. The largest absolute Gasteiger partial charge is 0.496 e. The van der Waals surface area contributed by atoms with E-state index in [4.69, 9.17) is 9.47 Å². The minimum absolute atomic E-state index is 0.0567. The zero-order chi connectivity index (χ0) is 32.4. The van der Waals surface area contributed by atoms with Crippen LogP contribution in [0, 0.1) is 5.41 Å². The minimum Gasteiger partial charge on any atom is -0.496 e. The van der Waals surface area contributed by atoms with Crippen LogP contribution in [-0.2, 0) is 28.3 Å². The number of rotatable bonds is 5. The number of hydrogen-bond donors (Lipinski definition) is 0. The van der Waals surface area contributed by atoms with Crippen LogP contribution in [0.4, 0.5) is 36.8 Å². The number of anilines is 1. The second kappa shape index (κ2) is 11.0. The predicted molar refractivity (Wildman–Crippen MR) is 151 cm³/mol. The smallest absolute Gasteiger partial charge is 0.416 e. The first-order valence-electron chi connectivity index (χ1n) is 14.4. The Kier molecular flexibility index (Phi) is 7.95. The molecular formula is C32H34F6N2O4. The number of alkyl halides is 6. The number of fused-ring (bicyclic) bond motifs is 1. The molecule has 1 aliphatic carbocycles. The fourth-order valence-electron chi connectivity index (χ4n) is 6.54. The van der Waals surface area contributed by atoms with Gasteiger partial charge >= 0.3 is 18.4 Å². The van der Waals surface area contributed by atoms with Gasteiger partial charge in [0.2, 0.25) is 5.91 Å². The van der Waals surface area contributed by atoms with E-state index in [9.17, 15) is 35.9 Å². The van der Waals surface area contributed by atoms with Crippen LogP contribution >= 0.6 is 0 Å². The van der Waals surface area contributed by atoms with Gasteiger partial charge in [0.1, 0.15) is 11.9 Å². The maximum Gasteiger partial charge on any atom is 0.416 e. The molecule has 0 radical (unpaired) electrons. The molecule has 2 amide bonds. The molecule has 0 N–H and O–H groups in total. The fourth-order valence-corrected chi connectivity index (χ4v) is 6.54. The van der Waals surface area contributed by atoms with E-state index in [0.29, 0.717) is 43.7 Å². The van der Waals surface area contributed by atoms with Crippen molar-refractivity contribution in [3.8, 4) is 5.75 Å². The number of methoxy groups -OCH3 is 1. The number of amides is 2. The fraction of sp³-hybridized carbons (Fsp3) is 0.500. The van der Waals surface area contributed by atoms with Crippen LogP contribution in [0.25, 0.3) is 5.57 Å². The number of carbonyl (C=O) groups is 2. The first-order valence-corrected chi connectivity index (χ1v) is 14.4. The summed E-state index contributed by atoms with van der Waals surface area (Å²) in [5, 5.41) is 0. The lowest BCUT2D eigenvalue weighted by Gasteiger charge is -2.36. The van der Waals surface area contributed by atoms with E-state index in [0.717, 1.165) is 34.4 Å². The quantitative estimate of drug-likeness (QED) is 0.315. The zero-order valence-corrected chi connectivity index (χ0v) is 25.1. The maximum atomic E-state index is 13.5. The molecule has 2 aliphatic heterocycles. The van der Waals surface area contributed by atoms with Crippen molar-refractivity contribution in [1.82, 2.24) is 4.90 Å². The highest BCUT2D eigenvalue weighted by atomic mass is 19.4. The Bertz CT molecular complexity index is 1500. The second-order valence-electron chi connectivity index (χ2n) is 12.5. The summed E-state index contributed by atoms with van der Waals surface area (Å²) in [6, 6.07) is 4.27. The van der Waals surface area contributed by atoms with Crippen molar-refractivity contribution in [3.05, 3.63) is 63.7 Å². The third-order valence-corrected chi connectivity index (χ3v) is 8.86. The van der Waals surface area contributed by atoms with Crippen molar-refractivity contribution < 1.29 is 45.4 Å². The Balaban J connectivity index is 1.54. The maximum absolute atomic E-state index is 13.5. The summed E-state index contributed by atoms with van der Waals surface area (Å²) in [6.45, 7) is 7.87. The molecule has 238 valence electrons. The molecule has 0 spiro atoms. The number of benzene rings is 2. The molecule has 6 nitrogen and oxygen atoms in total. The van der Waals surface area contributed by atoms with E-state index in [1.165, 1.54) is 11.8 Å². The first kappa shape index (κ1) is 31.7. The molecule has 2 atom stereocenters. The van der Waals surface area contributed by atoms with Gasteiger partial charge in [-0.3, -0.25) is 9.69 Å². The summed E-state index contributed by atoms with van der Waals surface area (Å²) in [5.41, 5.74) is 0.938. The number of cyclic esters (lactones) is 1. The number of nitrogens with zero attached hydrogens (tertiary/aromatic N) is 2. The van der Waals surface area contributed by atoms with Gasteiger partial charge in [-0.2, -0.15) is 26.3 Å². The molecule has 0 unspecified atom stereocenters. The lowest BCUT2D eigenvalue weighted by molar-refractivity contribution is -0.143. The van der Waals surface area contributed by atoms with E-state index >= 15 is 0 Å². The van der Waals surface area contributed by atoms with Crippen LogP contribution in [0.3, 0.4) is 0 Å². The number of hydrogen-bond acceptors (Lipinski definition) is 4. The Morgan fingerprint density at radius 1 is 1.02 bits per heavy atom. The molecule has 2 aromatic carbocycles. The van der Waals surface area contributed by atoms with Gasteiger partial charge in [-0.05, 0) is 90.6 Å². The standard InChI is InChI=1S/C32H34F6N2O4/c1-17-28(20-10-22(31(33,34)35)13-23(11-20)32(36,37)38)44-29(42)40(17)16-21-15-30(3,4)8-6-24(21)25-14-26-19(12-27(25)43-5)7-9-39(26)18(2)41/h10-14,17,28H,6-9,15-16H2,1-5H3/t17-,28-/m0/s1. The molecule has 3 aliphatic rings. The van der Waals surface area contributed by atoms with E-state index < -0.39 is 41.7 Å². The van der Waals surface area contributed by atoms with Crippen LogP contribution in [0.1, 0.15) is 80.9 Å². The summed E-state index contributed by atoms with van der Waals surface area (Å²) in [7, 11) is 1.56. The molecule has 44 heavy (non-hydrogen) atoms. The third kappa shape index (κ3) is 5.99. The summed E-state index contributed by atoms with van der Waals surface area (Å²) < 4.78 is 92.5. The number of carbonyl (C=O) groups excluding carboxylic acids is 2. The normalized spacial score (nSPS) is 21.9. The molecule has 0 aromatic heterocycles. The average molecular weight is 625 g/mol. The highest BCUT2D eigenvalue weighted by Gasteiger charge is 2.44. The topological polar surface area (TPSA) is 59.1 Å². The van der Waals surface area contributed by atoms with E-state index in [1.54, 1.807) is 18.9 Å². The van der Waals surface area contributed by atoms with Crippen LogP contribution in [0.15, 0.2) is 35.9 Å². The second-order valence-corrected chi connectivity index (χ2v) is 12.5.